The minimum Gasteiger partial charge on any atom is -0.459 e. The minimum absolute atomic E-state index is 0.0747. The van der Waals surface area contributed by atoms with Gasteiger partial charge in [0.05, 0.1) is 23.0 Å². The molecule has 1 unspecified atom stereocenters. The largest absolute Gasteiger partial charge is 0.459 e. The van der Waals surface area contributed by atoms with Crippen LogP contribution in [0.3, 0.4) is 0 Å². The van der Waals surface area contributed by atoms with Gasteiger partial charge in [-0.2, -0.15) is 0 Å². The SMILES string of the molecule is O=C(NCC(c1c(F)cccc1Cl)N1CCCC1)c1occc1CS(=O)(=O)c1ccccc1. The molecule has 0 saturated carbocycles. The van der Waals surface area contributed by atoms with E-state index in [9.17, 15) is 17.6 Å². The van der Waals surface area contributed by atoms with Gasteiger partial charge in [-0.05, 0) is 56.3 Å². The van der Waals surface area contributed by atoms with E-state index < -0.39 is 27.6 Å². The first-order valence-electron chi connectivity index (χ1n) is 10.7. The monoisotopic (exact) mass is 490 g/mol. The Hall–Kier alpha value is -2.68. The van der Waals surface area contributed by atoms with Crippen molar-refractivity contribution in [3.63, 3.8) is 0 Å². The summed E-state index contributed by atoms with van der Waals surface area (Å²) in [5.74, 6) is -1.43. The van der Waals surface area contributed by atoms with E-state index in [1.54, 1.807) is 30.3 Å². The quantitative estimate of drug-likeness (QED) is 0.498. The van der Waals surface area contributed by atoms with Gasteiger partial charge in [-0.3, -0.25) is 9.69 Å². The number of hydrogen-bond donors (Lipinski definition) is 1. The molecule has 1 atom stereocenters. The van der Waals surface area contributed by atoms with Crippen LogP contribution in [0.1, 0.15) is 40.6 Å². The maximum absolute atomic E-state index is 14.7. The Morgan fingerprint density at radius 2 is 1.82 bits per heavy atom. The molecule has 9 heteroatoms. The molecule has 0 spiro atoms. The van der Waals surface area contributed by atoms with Gasteiger partial charge in [0.15, 0.2) is 15.6 Å². The third-order valence-corrected chi connectivity index (χ3v) is 7.78. The van der Waals surface area contributed by atoms with Crippen molar-refractivity contribution in [1.82, 2.24) is 10.2 Å². The third-order valence-electron chi connectivity index (χ3n) is 5.77. The number of hydrogen-bond acceptors (Lipinski definition) is 5. The van der Waals surface area contributed by atoms with E-state index in [0.29, 0.717) is 10.6 Å². The van der Waals surface area contributed by atoms with Crippen molar-refractivity contribution in [3.05, 3.63) is 88.6 Å². The highest BCUT2D eigenvalue weighted by molar-refractivity contribution is 7.90. The van der Waals surface area contributed by atoms with Crippen molar-refractivity contribution in [2.45, 2.75) is 29.5 Å². The molecule has 6 nitrogen and oxygen atoms in total. The van der Waals surface area contributed by atoms with E-state index in [2.05, 4.69) is 10.2 Å². The highest BCUT2D eigenvalue weighted by Gasteiger charge is 2.29. The maximum atomic E-state index is 14.7. The molecular weight excluding hydrogens is 467 g/mol. The maximum Gasteiger partial charge on any atom is 0.287 e. The van der Waals surface area contributed by atoms with Gasteiger partial charge >= 0.3 is 0 Å². The summed E-state index contributed by atoms with van der Waals surface area (Å²) in [6.45, 7) is 1.64. The van der Waals surface area contributed by atoms with Crippen LogP contribution in [0.15, 0.2) is 70.2 Å². The van der Waals surface area contributed by atoms with Crippen LogP contribution in [0.5, 0.6) is 0 Å². The summed E-state index contributed by atoms with van der Waals surface area (Å²) in [5, 5.41) is 3.09. The predicted molar refractivity (Wildman–Crippen MR) is 123 cm³/mol. The van der Waals surface area contributed by atoms with Crippen molar-refractivity contribution in [2.75, 3.05) is 19.6 Å². The Morgan fingerprint density at radius 3 is 2.52 bits per heavy atom. The molecule has 2 heterocycles. The Labute approximate surface area is 197 Å². The topological polar surface area (TPSA) is 79.6 Å². The van der Waals surface area contributed by atoms with Crippen LogP contribution in [0, 0.1) is 5.82 Å². The van der Waals surface area contributed by atoms with Gasteiger partial charge in [0.1, 0.15) is 5.82 Å². The lowest BCUT2D eigenvalue weighted by atomic mass is 10.0. The summed E-state index contributed by atoms with van der Waals surface area (Å²) in [6.07, 6.45) is 3.25. The number of furan rings is 1. The second-order valence-electron chi connectivity index (χ2n) is 7.95. The van der Waals surface area contributed by atoms with E-state index in [1.165, 1.54) is 30.5 Å². The lowest BCUT2D eigenvalue weighted by molar-refractivity contribution is 0.0908. The normalized spacial score (nSPS) is 15.5. The van der Waals surface area contributed by atoms with E-state index >= 15 is 0 Å². The number of amides is 1. The molecule has 0 radical (unpaired) electrons. The Morgan fingerprint density at radius 1 is 1.09 bits per heavy atom. The number of benzene rings is 2. The molecule has 1 aliphatic rings. The lowest BCUT2D eigenvalue weighted by Crippen LogP contribution is -2.37. The molecule has 0 aliphatic carbocycles. The highest BCUT2D eigenvalue weighted by Crippen LogP contribution is 2.32. The van der Waals surface area contributed by atoms with Crippen molar-refractivity contribution in [3.8, 4) is 0 Å². The zero-order chi connectivity index (χ0) is 23.4. The smallest absolute Gasteiger partial charge is 0.287 e. The summed E-state index contributed by atoms with van der Waals surface area (Å²) in [5.41, 5.74) is 0.602. The van der Waals surface area contributed by atoms with E-state index in [4.69, 9.17) is 16.0 Å². The summed E-state index contributed by atoms with van der Waals surface area (Å²) < 4.78 is 45.5. The van der Waals surface area contributed by atoms with Crippen molar-refractivity contribution in [1.29, 1.82) is 0 Å². The number of halogens is 2. The molecule has 2 aromatic carbocycles. The van der Waals surface area contributed by atoms with Crippen LogP contribution < -0.4 is 5.32 Å². The number of carbonyl (C=O) groups excluding carboxylic acids is 1. The molecular formula is C24H24ClFN2O4S. The number of sulfone groups is 1. The summed E-state index contributed by atoms with van der Waals surface area (Å²) in [6, 6.07) is 13.6. The van der Waals surface area contributed by atoms with Crippen LogP contribution >= 0.6 is 11.6 Å². The number of nitrogens with one attached hydrogen (secondary N) is 1. The van der Waals surface area contributed by atoms with Crippen molar-refractivity contribution in [2.24, 2.45) is 0 Å². The molecule has 1 N–H and O–H groups in total. The highest BCUT2D eigenvalue weighted by atomic mass is 35.5. The van der Waals surface area contributed by atoms with Crippen LogP contribution in [-0.2, 0) is 15.6 Å². The molecule has 1 amide bonds. The number of rotatable bonds is 8. The molecule has 3 aromatic rings. The van der Waals surface area contributed by atoms with Crippen molar-refractivity contribution < 1.29 is 22.0 Å². The van der Waals surface area contributed by atoms with Crippen LogP contribution in [-0.4, -0.2) is 38.9 Å². The average molecular weight is 491 g/mol. The zero-order valence-corrected chi connectivity index (χ0v) is 19.4. The fourth-order valence-electron chi connectivity index (χ4n) is 4.13. The van der Waals surface area contributed by atoms with E-state index in [0.717, 1.165) is 25.9 Å². The molecule has 33 heavy (non-hydrogen) atoms. The Bertz CT molecular complexity index is 1200. The zero-order valence-electron chi connectivity index (χ0n) is 17.8. The summed E-state index contributed by atoms with van der Waals surface area (Å²) >= 11 is 6.31. The Kier molecular flexibility index (Phi) is 7.17. The van der Waals surface area contributed by atoms with Crippen LogP contribution in [0.2, 0.25) is 5.02 Å². The second kappa shape index (κ2) is 10.1. The summed E-state index contributed by atoms with van der Waals surface area (Å²) in [4.78, 5) is 15.2. The Balaban J connectivity index is 1.52. The molecule has 1 aliphatic heterocycles. The third kappa shape index (κ3) is 5.29. The van der Waals surface area contributed by atoms with Gasteiger partial charge in [0, 0.05) is 22.7 Å². The first-order chi connectivity index (χ1) is 15.9. The molecule has 1 saturated heterocycles. The molecule has 0 bridgehead atoms. The fourth-order valence-corrected chi connectivity index (χ4v) is 5.79. The summed E-state index contributed by atoms with van der Waals surface area (Å²) in [7, 11) is -3.65. The van der Waals surface area contributed by atoms with Gasteiger partial charge in [-0.1, -0.05) is 35.9 Å². The van der Waals surface area contributed by atoms with Crippen LogP contribution in [0.25, 0.3) is 0 Å². The average Bonchev–Trinajstić information content (AvgIpc) is 3.48. The fraction of sp³-hybridized carbons (Fsp3) is 0.292. The predicted octanol–water partition coefficient (Wildman–Crippen LogP) is 4.61. The number of carbonyl (C=O) groups is 1. The van der Waals surface area contributed by atoms with Gasteiger partial charge in [-0.15, -0.1) is 0 Å². The van der Waals surface area contributed by atoms with E-state index in [1.807, 2.05) is 0 Å². The molecule has 174 valence electrons. The van der Waals surface area contributed by atoms with Gasteiger partial charge in [-0.25, -0.2) is 12.8 Å². The minimum atomic E-state index is -3.65. The van der Waals surface area contributed by atoms with Gasteiger partial charge in [0.2, 0.25) is 0 Å². The second-order valence-corrected chi connectivity index (χ2v) is 10.3. The van der Waals surface area contributed by atoms with E-state index in [-0.39, 0.29) is 28.5 Å². The molecule has 1 aromatic heterocycles. The first-order valence-corrected chi connectivity index (χ1v) is 12.7. The number of likely N-dealkylation sites (tertiary alicyclic amines) is 1. The molecule has 4 rings (SSSR count). The van der Waals surface area contributed by atoms with Crippen molar-refractivity contribution >= 4 is 27.3 Å². The van der Waals surface area contributed by atoms with Gasteiger partial charge in [0.25, 0.3) is 5.91 Å². The van der Waals surface area contributed by atoms with Crippen LogP contribution in [0.4, 0.5) is 4.39 Å². The van der Waals surface area contributed by atoms with Gasteiger partial charge < -0.3 is 9.73 Å². The standard InChI is InChI=1S/C24H24ClFN2O4S/c25-19-9-6-10-20(26)22(19)21(28-12-4-5-13-28)15-27-24(29)23-17(11-14-32-23)16-33(30,31)18-7-2-1-3-8-18/h1-3,6-11,14,21H,4-5,12-13,15-16H2,(H,27,29). The lowest BCUT2D eigenvalue weighted by Gasteiger charge is -2.29. The molecule has 1 fully saturated rings. The first kappa shape index (κ1) is 23.5. The number of nitrogens with zero attached hydrogens (tertiary/aromatic N) is 1.